The second kappa shape index (κ2) is 6.90. The van der Waals surface area contributed by atoms with E-state index in [2.05, 4.69) is 31.0 Å². The van der Waals surface area contributed by atoms with Crippen molar-refractivity contribution < 1.29 is 14.0 Å². The Kier molecular flexibility index (Phi) is 4.19. The molecule has 2 aromatic heterocycles. The fourth-order valence-electron chi connectivity index (χ4n) is 3.22. The van der Waals surface area contributed by atoms with Crippen LogP contribution in [0.25, 0.3) is 11.7 Å². The number of imide groups is 1. The fraction of sp³-hybridized carbons (Fsp3) is 0.250. The van der Waals surface area contributed by atoms with Gasteiger partial charge in [0.05, 0.1) is 18.3 Å². The van der Waals surface area contributed by atoms with E-state index in [0.29, 0.717) is 28.8 Å². The van der Waals surface area contributed by atoms with Gasteiger partial charge in [-0.2, -0.15) is 19.6 Å². The molecule has 0 atom stereocenters. The number of amides is 2. The van der Waals surface area contributed by atoms with Gasteiger partial charge in [-0.15, -0.1) is 0 Å². The van der Waals surface area contributed by atoms with Gasteiger partial charge < -0.3 is 10.6 Å². The van der Waals surface area contributed by atoms with Crippen molar-refractivity contribution >= 4 is 41.1 Å². The van der Waals surface area contributed by atoms with Crippen molar-refractivity contribution in [3.63, 3.8) is 0 Å². The molecule has 152 valence electrons. The van der Waals surface area contributed by atoms with Crippen molar-refractivity contribution in [2.45, 2.75) is 32.2 Å². The number of nitrogens with zero attached hydrogens (tertiary/aromatic N) is 4. The maximum absolute atomic E-state index is 14.2. The topological polar surface area (TPSA) is 113 Å². The molecular weight excluding hydrogens is 389 g/mol. The first-order valence-electron chi connectivity index (χ1n) is 9.56. The van der Waals surface area contributed by atoms with Gasteiger partial charge in [-0.1, -0.05) is 6.07 Å². The molecule has 3 heterocycles. The molecule has 3 aromatic rings. The summed E-state index contributed by atoms with van der Waals surface area (Å²) in [5.74, 6) is -0.523. The Morgan fingerprint density at radius 1 is 1.27 bits per heavy atom. The van der Waals surface area contributed by atoms with Crippen LogP contribution in [0.5, 0.6) is 0 Å². The Bertz CT molecular complexity index is 1230. The molecule has 2 amide bonds. The molecule has 30 heavy (non-hydrogen) atoms. The number of carbonyl (C=O) groups excluding carboxylic acids is 2. The molecule has 2 aliphatic rings. The lowest BCUT2D eigenvalue weighted by Crippen LogP contribution is -2.19. The van der Waals surface area contributed by atoms with Crippen LogP contribution in [0.4, 0.5) is 22.0 Å². The predicted molar refractivity (Wildman–Crippen MR) is 108 cm³/mol. The molecule has 1 aliphatic carbocycles. The summed E-state index contributed by atoms with van der Waals surface area (Å²) in [5, 5.41) is 12.8. The Labute approximate surface area is 170 Å². The number of rotatable bonds is 5. The van der Waals surface area contributed by atoms with E-state index in [4.69, 9.17) is 0 Å². The van der Waals surface area contributed by atoms with Gasteiger partial charge in [-0.05, 0) is 43.5 Å². The highest BCUT2D eigenvalue weighted by Crippen LogP contribution is 2.27. The number of carbonyl (C=O) groups is 2. The molecule has 1 saturated heterocycles. The summed E-state index contributed by atoms with van der Waals surface area (Å²) in [6, 6.07) is 5.03. The molecule has 5 rings (SSSR count). The predicted octanol–water partition coefficient (Wildman–Crippen LogP) is 2.32. The molecule has 9 nitrogen and oxygen atoms in total. The summed E-state index contributed by atoms with van der Waals surface area (Å²) < 4.78 is 15.8. The SMILES string of the molecule is Cc1ccc(F)c(Nc2nc(NC3CC3)n3ncc(C=C4CC(=O)NC4=O)c3n2)c1. The molecule has 2 fully saturated rings. The molecule has 10 heteroatoms. The number of fused-ring (bicyclic) bond motifs is 1. The first-order valence-corrected chi connectivity index (χ1v) is 9.56. The Hall–Kier alpha value is -3.82. The highest BCUT2D eigenvalue weighted by Gasteiger charge is 2.26. The summed E-state index contributed by atoms with van der Waals surface area (Å²) in [4.78, 5) is 32.4. The number of hydrogen-bond acceptors (Lipinski definition) is 7. The zero-order valence-corrected chi connectivity index (χ0v) is 16.1. The Morgan fingerprint density at radius 3 is 2.83 bits per heavy atom. The van der Waals surface area contributed by atoms with Crippen LogP contribution in [0.3, 0.4) is 0 Å². The molecule has 0 unspecified atom stereocenters. The van der Waals surface area contributed by atoms with Gasteiger partial charge in [0.15, 0.2) is 5.65 Å². The minimum Gasteiger partial charge on any atom is -0.351 e. The van der Waals surface area contributed by atoms with Crippen molar-refractivity contribution in [1.29, 1.82) is 0 Å². The van der Waals surface area contributed by atoms with Gasteiger partial charge >= 0.3 is 0 Å². The van der Waals surface area contributed by atoms with Gasteiger partial charge in [0.1, 0.15) is 5.82 Å². The first kappa shape index (κ1) is 18.2. The second-order valence-electron chi connectivity index (χ2n) is 7.46. The normalized spacial score (nSPS) is 17.6. The lowest BCUT2D eigenvalue weighted by Gasteiger charge is -2.11. The number of anilines is 3. The van der Waals surface area contributed by atoms with Crippen LogP contribution in [0.2, 0.25) is 0 Å². The molecule has 1 aliphatic heterocycles. The van der Waals surface area contributed by atoms with E-state index < -0.39 is 11.7 Å². The molecule has 1 aromatic carbocycles. The van der Waals surface area contributed by atoms with E-state index in [1.165, 1.54) is 10.6 Å². The average Bonchev–Trinajstić information content (AvgIpc) is 3.34. The molecule has 1 saturated carbocycles. The van der Waals surface area contributed by atoms with Gasteiger partial charge in [0, 0.05) is 17.2 Å². The average molecular weight is 407 g/mol. The van der Waals surface area contributed by atoms with E-state index in [9.17, 15) is 14.0 Å². The van der Waals surface area contributed by atoms with Crippen molar-refractivity contribution in [3.8, 4) is 0 Å². The number of aromatic nitrogens is 4. The molecule has 0 bridgehead atoms. The van der Waals surface area contributed by atoms with Crippen molar-refractivity contribution in [3.05, 3.63) is 46.9 Å². The lowest BCUT2D eigenvalue weighted by molar-refractivity contribution is -0.124. The largest absolute Gasteiger partial charge is 0.351 e. The standard InChI is InChI=1S/C20H18FN7O2/c1-10-2-5-14(21)15(6-10)24-19-26-17-12(7-11-8-16(29)25-18(11)30)9-22-28(17)20(27-19)23-13-3-4-13/h2,5-7,9,13H,3-4,8H2,1H3,(H,25,29,30)(H2,23,24,26,27). The minimum absolute atomic E-state index is 0.00798. The Morgan fingerprint density at radius 2 is 2.10 bits per heavy atom. The third-order valence-corrected chi connectivity index (χ3v) is 4.90. The first-order chi connectivity index (χ1) is 14.5. The van der Waals surface area contributed by atoms with Gasteiger partial charge in [-0.3, -0.25) is 14.9 Å². The number of benzene rings is 1. The summed E-state index contributed by atoms with van der Waals surface area (Å²) in [6.45, 7) is 1.87. The Balaban J connectivity index is 1.59. The van der Waals surface area contributed by atoms with Crippen molar-refractivity contribution in [2.24, 2.45) is 0 Å². The van der Waals surface area contributed by atoms with Crippen LogP contribution in [0.15, 0.2) is 30.0 Å². The fourth-order valence-corrected chi connectivity index (χ4v) is 3.22. The van der Waals surface area contributed by atoms with Crippen LogP contribution in [-0.4, -0.2) is 37.4 Å². The summed E-state index contributed by atoms with van der Waals surface area (Å²) >= 11 is 0. The maximum atomic E-state index is 14.2. The summed E-state index contributed by atoms with van der Waals surface area (Å²) in [6.07, 6.45) is 5.21. The second-order valence-corrected chi connectivity index (χ2v) is 7.46. The van der Waals surface area contributed by atoms with E-state index in [1.807, 2.05) is 6.92 Å². The molecule has 0 radical (unpaired) electrons. The lowest BCUT2D eigenvalue weighted by atomic mass is 10.1. The third-order valence-electron chi connectivity index (χ3n) is 4.90. The molecular formula is C20H18FN7O2. The minimum atomic E-state index is -0.426. The number of hydrogen-bond donors (Lipinski definition) is 3. The van der Waals surface area contributed by atoms with Crippen LogP contribution >= 0.6 is 0 Å². The van der Waals surface area contributed by atoms with Gasteiger partial charge in [0.25, 0.3) is 5.91 Å². The van der Waals surface area contributed by atoms with Crippen LogP contribution in [0, 0.1) is 12.7 Å². The van der Waals surface area contributed by atoms with Crippen LogP contribution in [0.1, 0.15) is 30.4 Å². The highest BCUT2D eigenvalue weighted by atomic mass is 19.1. The molecule has 3 N–H and O–H groups in total. The number of halogens is 1. The molecule has 0 spiro atoms. The van der Waals surface area contributed by atoms with E-state index in [0.717, 1.165) is 18.4 Å². The summed E-state index contributed by atoms with van der Waals surface area (Å²) in [5.41, 5.74) is 2.48. The van der Waals surface area contributed by atoms with Gasteiger partial charge in [-0.25, -0.2) is 4.39 Å². The zero-order valence-electron chi connectivity index (χ0n) is 16.1. The monoisotopic (exact) mass is 407 g/mol. The smallest absolute Gasteiger partial charge is 0.254 e. The van der Waals surface area contributed by atoms with Crippen LogP contribution in [-0.2, 0) is 9.59 Å². The van der Waals surface area contributed by atoms with Crippen LogP contribution < -0.4 is 16.0 Å². The summed E-state index contributed by atoms with van der Waals surface area (Å²) in [7, 11) is 0. The number of aryl methyl sites for hydroxylation is 1. The van der Waals surface area contributed by atoms with Gasteiger partial charge in [0.2, 0.25) is 17.8 Å². The maximum Gasteiger partial charge on any atom is 0.254 e. The zero-order chi connectivity index (χ0) is 20.8. The highest BCUT2D eigenvalue weighted by molar-refractivity contribution is 6.15. The van der Waals surface area contributed by atoms with Crippen molar-refractivity contribution in [1.82, 2.24) is 24.9 Å². The number of nitrogens with one attached hydrogen (secondary N) is 3. The van der Waals surface area contributed by atoms with Crippen molar-refractivity contribution in [2.75, 3.05) is 10.6 Å². The van der Waals surface area contributed by atoms with E-state index in [-0.39, 0.29) is 24.0 Å². The van der Waals surface area contributed by atoms with E-state index >= 15 is 0 Å². The van der Waals surface area contributed by atoms with E-state index in [1.54, 1.807) is 24.4 Å². The third kappa shape index (κ3) is 3.47. The quantitative estimate of drug-likeness (QED) is 0.439.